The largest absolute Gasteiger partial charge is 0.465 e. The number of nitrogens with two attached hydrogens (primary N) is 1. The Morgan fingerprint density at radius 1 is 1.32 bits per heavy atom. The Morgan fingerprint density at radius 3 is 2.84 bits per heavy atom. The predicted molar refractivity (Wildman–Crippen MR) is 89.3 cm³/mol. The van der Waals surface area contributed by atoms with E-state index in [1.165, 1.54) is 20.2 Å². The van der Waals surface area contributed by atoms with Crippen LogP contribution in [-0.4, -0.2) is 57.6 Å². The molecule has 2 atom stereocenters. The highest BCUT2D eigenvalue weighted by atomic mass is 16.6. The molecule has 0 spiro atoms. The lowest BCUT2D eigenvalue weighted by Gasteiger charge is -2.17. The Bertz CT molecular complexity index is 790. The molecule has 0 aromatic carbocycles. The second-order valence-corrected chi connectivity index (χ2v) is 6.20. The lowest BCUT2D eigenvalue weighted by molar-refractivity contribution is -0.150. The summed E-state index contributed by atoms with van der Waals surface area (Å²) in [5.41, 5.74) is 8.32. The zero-order valence-electron chi connectivity index (χ0n) is 14.2. The smallest absolute Gasteiger partial charge is 0.302 e. The predicted octanol–water partition coefficient (Wildman–Crippen LogP) is 0.467. The highest BCUT2D eigenvalue weighted by molar-refractivity contribution is 5.86. The molecule has 0 aliphatic carbocycles. The first-order valence-corrected chi connectivity index (χ1v) is 8.03. The molecule has 9 heteroatoms. The molecule has 0 bridgehead atoms. The first-order valence-electron chi connectivity index (χ1n) is 8.03. The maximum absolute atomic E-state index is 11.3. The van der Waals surface area contributed by atoms with Crippen LogP contribution in [0.4, 0.5) is 5.82 Å². The summed E-state index contributed by atoms with van der Waals surface area (Å²) in [6.45, 7) is 4.81. The molecule has 0 saturated carbocycles. The number of nitrogen functional groups attached to an aromatic ring is 1. The molecule has 134 valence electrons. The topological polar surface area (TPSA) is 123 Å². The normalized spacial score (nSPS) is 20.7. The molecule has 9 nitrogen and oxygen atoms in total. The van der Waals surface area contributed by atoms with Gasteiger partial charge in [-0.2, -0.15) is 0 Å². The van der Waals surface area contributed by atoms with Gasteiger partial charge in [0.05, 0.1) is 12.1 Å². The standard InChI is InChI=1S/C16H21N5O4/c1-9(22)24-7-12-5-21(6-13(12)25-10(2)23)4-11-3-18-15-14(11)19-8-20-16(15)17/h3,8,12-13,18H,4-7H2,1-2H3,(H2,17,19,20)/t12-,13+/m0/s1. The monoisotopic (exact) mass is 347 g/mol. The van der Waals surface area contributed by atoms with Gasteiger partial charge >= 0.3 is 11.9 Å². The second kappa shape index (κ2) is 7.06. The molecule has 2 aromatic heterocycles. The van der Waals surface area contributed by atoms with Crippen LogP contribution in [0.1, 0.15) is 19.4 Å². The number of ether oxygens (including phenoxy) is 2. The van der Waals surface area contributed by atoms with E-state index in [0.29, 0.717) is 31.0 Å². The van der Waals surface area contributed by atoms with E-state index >= 15 is 0 Å². The van der Waals surface area contributed by atoms with Gasteiger partial charge in [0.2, 0.25) is 0 Å². The van der Waals surface area contributed by atoms with Gasteiger partial charge in [-0.05, 0) is 0 Å². The third kappa shape index (κ3) is 3.87. The number of fused-ring (bicyclic) bond motifs is 1. The molecule has 3 rings (SSSR count). The summed E-state index contributed by atoms with van der Waals surface area (Å²) in [5, 5.41) is 0. The maximum Gasteiger partial charge on any atom is 0.302 e. The number of aromatic amines is 1. The van der Waals surface area contributed by atoms with Crippen LogP contribution in [-0.2, 0) is 25.6 Å². The zero-order chi connectivity index (χ0) is 18.0. The van der Waals surface area contributed by atoms with Gasteiger partial charge in [-0.25, -0.2) is 9.97 Å². The number of esters is 2. The fraction of sp³-hybridized carbons (Fsp3) is 0.500. The van der Waals surface area contributed by atoms with Crippen LogP contribution in [0.2, 0.25) is 0 Å². The van der Waals surface area contributed by atoms with Crippen LogP contribution < -0.4 is 5.73 Å². The summed E-state index contributed by atoms with van der Waals surface area (Å²) in [6.07, 6.45) is 2.99. The minimum absolute atomic E-state index is 0.0577. The van der Waals surface area contributed by atoms with E-state index in [4.69, 9.17) is 15.2 Å². The molecular weight excluding hydrogens is 326 g/mol. The number of hydrogen-bond donors (Lipinski definition) is 2. The van der Waals surface area contributed by atoms with Crippen molar-refractivity contribution in [3.05, 3.63) is 18.1 Å². The Balaban J connectivity index is 1.72. The summed E-state index contributed by atoms with van der Waals surface area (Å²) in [6, 6.07) is 0. The molecule has 0 radical (unpaired) electrons. The van der Waals surface area contributed by atoms with Crippen LogP contribution in [0.25, 0.3) is 11.0 Å². The summed E-state index contributed by atoms with van der Waals surface area (Å²) >= 11 is 0. The number of H-pyrrole nitrogens is 1. The number of aromatic nitrogens is 3. The fourth-order valence-electron chi connectivity index (χ4n) is 3.16. The molecule has 0 unspecified atom stereocenters. The van der Waals surface area contributed by atoms with E-state index in [1.54, 1.807) is 0 Å². The molecule has 3 heterocycles. The average molecular weight is 347 g/mol. The number of nitrogens with zero attached hydrogens (tertiary/aromatic N) is 3. The second-order valence-electron chi connectivity index (χ2n) is 6.20. The number of anilines is 1. The first-order chi connectivity index (χ1) is 11.9. The molecule has 1 aliphatic heterocycles. The Hall–Kier alpha value is -2.68. The average Bonchev–Trinajstić information content (AvgIpc) is 3.10. The molecule has 1 saturated heterocycles. The minimum atomic E-state index is -0.344. The van der Waals surface area contributed by atoms with Crippen molar-refractivity contribution in [2.24, 2.45) is 5.92 Å². The van der Waals surface area contributed by atoms with Crippen molar-refractivity contribution in [3.63, 3.8) is 0 Å². The number of likely N-dealkylation sites (tertiary alicyclic amines) is 1. The van der Waals surface area contributed by atoms with Crippen LogP contribution >= 0.6 is 0 Å². The van der Waals surface area contributed by atoms with E-state index in [1.807, 2.05) is 6.20 Å². The van der Waals surface area contributed by atoms with Crippen molar-refractivity contribution < 1.29 is 19.1 Å². The van der Waals surface area contributed by atoms with Crippen LogP contribution in [0.5, 0.6) is 0 Å². The van der Waals surface area contributed by atoms with Gasteiger partial charge in [-0.15, -0.1) is 0 Å². The van der Waals surface area contributed by atoms with Gasteiger partial charge in [-0.1, -0.05) is 0 Å². The maximum atomic E-state index is 11.3. The lowest BCUT2D eigenvalue weighted by Crippen LogP contribution is -2.28. The number of hydrogen-bond acceptors (Lipinski definition) is 8. The Labute approximate surface area is 144 Å². The number of carbonyl (C=O) groups excluding carboxylic acids is 2. The highest BCUT2D eigenvalue weighted by Gasteiger charge is 2.36. The minimum Gasteiger partial charge on any atom is -0.465 e. The van der Waals surface area contributed by atoms with Crippen molar-refractivity contribution in [1.82, 2.24) is 19.9 Å². The van der Waals surface area contributed by atoms with Crippen molar-refractivity contribution >= 4 is 28.8 Å². The molecule has 25 heavy (non-hydrogen) atoms. The third-order valence-electron chi connectivity index (χ3n) is 4.24. The van der Waals surface area contributed by atoms with Crippen molar-refractivity contribution in [2.75, 3.05) is 25.4 Å². The number of rotatable bonds is 5. The van der Waals surface area contributed by atoms with E-state index in [2.05, 4.69) is 19.9 Å². The molecule has 1 aliphatic rings. The van der Waals surface area contributed by atoms with Crippen LogP contribution in [0.15, 0.2) is 12.5 Å². The first kappa shape index (κ1) is 17.2. The summed E-state index contributed by atoms with van der Waals surface area (Å²) < 4.78 is 10.5. The molecule has 2 aromatic rings. The summed E-state index contributed by atoms with van der Waals surface area (Å²) in [7, 11) is 0. The van der Waals surface area contributed by atoms with E-state index < -0.39 is 0 Å². The van der Waals surface area contributed by atoms with Crippen molar-refractivity contribution in [3.8, 4) is 0 Å². The number of carbonyl (C=O) groups is 2. The SMILES string of the molecule is CC(=O)OC[C@@H]1CN(Cc2c[nH]c3c(N)ncnc23)C[C@H]1OC(C)=O. The summed E-state index contributed by atoms with van der Waals surface area (Å²) in [4.78, 5) is 35.9. The van der Waals surface area contributed by atoms with Crippen LogP contribution in [0, 0.1) is 5.92 Å². The highest BCUT2D eigenvalue weighted by Crippen LogP contribution is 2.26. The van der Waals surface area contributed by atoms with Crippen LogP contribution in [0.3, 0.4) is 0 Å². The molecular formula is C16H21N5O4. The van der Waals surface area contributed by atoms with E-state index in [-0.39, 0.29) is 30.6 Å². The van der Waals surface area contributed by atoms with E-state index in [0.717, 1.165) is 11.1 Å². The van der Waals surface area contributed by atoms with Crippen molar-refractivity contribution in [1.29, 1.82) is 0 Å². The van der Waals surface area contributed by atoms with Gasteiger partial charge in [0.1, 0.15) is 17.9 Å². The van der Waals surface area contributed by atoms with Crippen molar-refractivity contribution in [2.45, 2.75) is 26.5 Å². The number of nitrogens with one attached hydrogen (secondary N) is 1. The molecule has 0 amide bonds. The quantitative estimate of drug-likeness (QED) is 0.748. The van der Waals surface area contributed by atoms with Gasteiger partial charge in [0.15, 0.2) is 5.82 Å². The fourth-order valence-corrected chi connectivity index (χ4v) is 3.16. The van der Waals surface area contributed by atoms with Gasteiger partial charge < -0.3 is 20.2 Å². The van der Waals surface area contributed by atoms with Gasteiger partial charge in [0.25, 0.3) is 0 Å². The Morgan fingerprint density at radius 2 is 2.12 bits per heavy atom. The van der Waals surface area contributed by atoms with E-state index in [9.17, 15) is 9.59 Å². The Kier molecular flexibility index (Phi) is 4.84. The zero-order valence-corrected chi connectivity index (χ0v) is 14.2. The lowest BCUT2D eigenvalue weighted by atomic mass is 10.1. The molecule has 3 N–H and O–H groups in total. The van der Waals surface area contributed by atoms with Gasteiger partial charge in [0, 0.05) is 51.2 Å². The van der Waals surface area contributed by atoms with Gasteiger partial charge in [-0.3, -0.25) is 14.5 Å². The molecule has 1 fully saturated rings. The summed E-state index contributed by atoms with van der Waals surface area (Å²) in [5.74, 6) is -0.336. The third-order valence-corrected chi connectivity index (χ3v) is 4.24.